The van der Waals surface area contributed by atoms with Crippen LogP contribution in [0, 0.1) is 6.92 Å². The van der Waals surface area contributed by atoms with Crippen LogP contribution in [0.5, 0.6) is 0 Å². The second-order valence-electron chi connectivity index (χ2n) is 3.83. The summed E-state index contributed by atoms with van der Waals surface area (Å²) in [5.74, 6) is 0. The SMILES string of the molecule is Cc1csc(CNCC=Cc2ccccc2)n1. The van der Waals surface area contributed by atoms with Crippen molar-refractivity contribution in [1.82, 2.24) is 10.3 Å². The smallest absolute Gasteiger partial charge is 0.107 e. The van der Waals surface area contributed by atoms with Crippen molar-refractivity contribution in [2.75, 3.05) is 6.54 Å². The Kier molecular flexibility index (Phi) is 4.47. The highest BCUT2D eigenvalue weighted by Gasteiger charge is 1.95. The average molecular weight is 244 g/mol. The van der Waals surface area contributed by atoms with E-state index in [1.807, 2.05) is 25.1 Å². The summed E-state index contributed by atoms with van der Waals surface area (Å²) >= 11 is 1.71. The van der Waals surface area contributed by atoms with Crippen molar-refractivity contribution in [3.63, 3.8) is 0 Å². The number of benzene rings is 1. The van der Waals surface area contributed by atoms with E-state index in [9.17, 15) is 0 Å². The molecule has 0 aliphatic heterocycles. The highest BCUT2D eigenvalue weighted by Crippen LogP contribution is 2.07. The van der Waals surface area contributed by atoms with Crippen molar-refractivity contribution < 1.29 is 0 Å². The number of hydrogen-bond donors (Lipinski definition) is 1. The first kappa shape index (κ1) is 12.0. The molecule has 0 bridgehead atoms. The third-order valence-corrected chi connectivity index (χ3v) is 3.28. The highest BCUT2D eigenvalue weighted by molar-refractivity contribution is 7.09. The van der Waals surface area contributed by atoms with Crippen LogP contribution < -0.4 is 5.32 Å². The van der Waals surface area contributed by atoms with Gasteiger partial charge < -0.3 is 5.32 Å². The molecule has 1 aromatic heterocycles. The van der Waals surface area contributed by atoms with Gasteiger partial charge in [-0.1, -0.05) is 42.5 Å². The molecule has 3 heteroatoms. The van der Waals surface area contributed by atoms with Gasteiger partial charge >= 0.3 is 0 Å². The Morgan fingerprint density at radius 3 is 2.82 bits per heavy atom. The molecule has 0 aliphatic carbocycles. The van der Waals surface area contributed by atoms with E-state index in [0.29, 0.717) is 0 Å². The largest absolute Gasteiger partial charge is 0.307 e. The summed E-state index contributed by atoms with van der Waals surface area (Å²) in [5, 5.41) is 6.58. The summed E-state index contributed by atoms with van der Waals surface area (Å²) in [6.45, 7) is 3.74. The van der Waals surface area contributed by atoms with E-state index in [1.165, 1.54) is 5.56 Å². The van der Waals surface area contributed by atoms with Gasteiger partial charge in [0.1, 0.15) is 5.01 Å². The molecular weight excluding hydrogens is 228 g/mol. The Hall–Kier alpha value is -1.45. The van der Waals surface area contributed by atoms with Gasteiger partial charge in [0.05, 0.1) is 0 Å². The third-order valence-electron chi connectivity index (χ3n) is 2.31. The number of aryl methyl sites for hydroxylation is 1. The number of nitrogens with zero attached hydrogens (tertiary/aromatic N) is 1. The quantitative estimate of drug-likeness (QED) is 0.817. The molecule has 1 aromatic carbocycles. The van der Waals surface area contributed by atoms with E-state index in [1.54, 1.807) is 11.3 Å². The van der Waals surface area contributed by atoms with Crippen LogP contribution in [-0.2, 0) is 6.54 Å². The standard InChI is InChI=1S/C14H16N2S/c1-12-11-17-14(16-12)10-15-9-5-8-13-6-3-2-4-7-13/h2-8,11,15H,9-10H2,1H3. The Balaban J connectivity index is 1.71. The van der Waals surface area contributed by atoms with Gasteiger partial charge in [-0.05, 0) is 12.5 Å². The number of nitrogens with one attached hydrogen (secondary N) is 1. The summed E-state index contributed by atoms with van der Waals surface area (Å²) in [5.41, 5.74) is 2.34. The van der Waals surface area contributed by atoms with Gasteiger partial charge in [-0.15, -0.1) is 11.3 Å². The minimum atomic E-state index is 0.845. The summed E-state index contributed by atoms with van der Waals surface area (Å²) in [6.07, 6.45) is 4.26. The van der Waals surface area contributed by atoms with Gasteiger partial charge in [-0.3, -0.25) is 0 Å². The first-order valence-electron chi connectivity index (χ1n) is 5.68. The normalized spacial score (nSPS) is 11.1. The van der Waals surface area contributed by atoms with Crippen molar-refractivity contribution in [2.45, 2.75) is 13.5 Å². The minimum absolute atomic E-state index is 0.845. The summed E-state index contributed by atoms with van der Waals surface area (Å²) in [7, 11) is 0. The molecule has 0 aliphatic rings. The van der Waals surface area contributed by atoms with E-state index in [4.69, 9.17) is 0 Å². The van der Waals surface area contributed by atoms with Crippen LogP contribution in [-0.4, -0.2) is 11.5 Å². The molecule has 0 atom stereocenters. The summed E-state index contributed by atoms with van der Waals surface area (Å²) < 4.78 is 0. The fourth-order valence-electron chi connectivity index (χ4n) is 1.51. The van der Waals surface area contributed by atoms with Crippen molar-refractivity contribution in [1.29, 1.82) is 0 Å². The van der Waals surface area contributed by atoms with E-state index < -0.39 is 0 Å². The molecule has 1 heterocycles. The van der Waals surface area contributed by atoms with E-state index in [-0.39, 0.29) is 0 Å². The summed E-state index contributed by atoms with van der Waals surface area (Å²) in [4.78, 5) is 4.40. The average Bonchev–Trinajstić information content (AvgIpc) is 2.76. The maximum absolute atomic E-state index is 4.40. The lowest BCUT2D eigenvalue weighted by Gasteiger charge is -1.97. The monoisotopic (exact) mass is 244 g/mol. The second kappa shape index (κ2) is 6.33. The van der Waals surface area contributed by atoms with Crippen LogP contribution >= 0.6 is 11.3 Å². The second-order valence-corrected chi connectivity index (χ2v) is 4.77. The molecule has 0 amide bonds. The Morgan fingerprint density at radius 2 is 2.12 bits per heavy atom. The van der Waals surface area contributed by atoms with Crippen molar-refractivity contribution in [3.05, 3.63) is 58.1 Å². The lowest BCUT2D eigenvalue weighted by Crippen LogP contribution is -2.12. The number of aromatic nitrogens is 1. The van der Waals surface area contributed by atoms with Gasteiger partial charge in [0, 0.05) is 24.2 Å². The van der Waals surface area contributed by atoms with Crippen molar-refractivity contribution in [2.24, 2.45) is 0 Å². The zero-order valence-electron chi connectivity index (χ0n) is 9.89. The molecule has 0 unspecified atom stereocenters. The molecule has 1 N–H and O–H groups in total. The molecular formula is C14H16N2S. The Labute approximate surface area is 106 Å². The van der Waals surface area contributed by atoms with Crippen LogP contribution in [0.4, 0.5) is 0 Å². The van der Waals surface area contributed by atoms with Gasteiger partial charge in [0.25, 0.3) is 0 Å². The van der Waals surface area contributed by atoms with Gasteiger partial charge in [-0.25, -0.2) is 4.98 Å². The van der Waals surface area contributed by atoms with Crippen molar-refractivity contribution >= 4 is 17.4 Å². The van der Waals surface area contributed by atoms with Crippen molar-refractivity contribution in [3.8, 4) is 0 Å². The fraction of sp³-hybridized carbons (Fsp3) is 0.214. The number of thiazole rings is 1. The topological polar surface area (TPSA) is 24.9 Å². The number of rotatable bonds is 5. The van der Waals surface area contributed by atoms with E-state index in [2.05, 4.69) is 40.0 Å². The van der Waals surface area contributed by atoms with E-state index >= 15 is 0 Å². The maximum Gasteiger partial charge on any atom is 0.107 e. The molecule has 2 aromatic rings. The van der Waals surface area contributed by atoms with Gasteiger partial charge in [-0.2, -0.15) is 0 Å². The van der Waals surface area contributed by atoms with Crippen LogP contribution in [0.1, 0.15) is 16.3 Å². The maximum atomic E-state index is 4.40. The first-order valence-corrected chi connectivity index (χ1v) is 6.56. The zero-order valence-corrected chi connectivity index (χ0v) is 10.7. The minimum Gasteiger partial charge on any atom is -0.307 e. The van der Waals surface area contributed by atoms with Crippen LogP contribution in [0.25, 0.3) is 6.08 Å². The predicted octanol–water partition coefficient (Wildman–Crippen LogP) is 3.25. The lowest BCUT2D eigenvalue weighted by atomic mass is 10.2. The summed E-state index contributed by atoms with van der Waals surface area (Å²) in [6, 6.07) is 10.3. The molecule has 88 valence electrons. The molecule has 0 radical (unpaired) electrons. The zero-order chi connectivity index (χ0) is 11.9. The lowest BCUT2D eigenvalue weighted by molar-refractivity contribution is 0.754. The molecule has 0 saturated carbocycles. The molecule has 17 heavy (non-hydrogen) atoms. The fourth-order valence-corrected chi connectivity index (χ4v) is 2.25. The highest BCUT2D eigenvalue weighted by atomic mass is 32.1. The van der Waals surface area contributed by atoms with Gasteiger partial charge in [0.2, 0.25) is 0 Å². The van der Waals surface area contributed by atoms with Gasteiger partial charge in [0.15, 0.2) is 0 Å². The Morgan fingerprint density at radius 1 is 1.29 bits per heavy atom. The molecule has 2 rings (SSSR count). The number of hydrogen-bond acceptors (Lipinski definition) is 3. The Bertz CT molecular complexity index is 474. The van der Waals surface area contributed by atoms with E-state index in [0.717, 1.165) is 23.8 Å². The molecule has 0 fully saturated rings. The third kappa shape index (κ3) is 4.13. The predicted molar refractivity (Wildman–Crippen MR) is 74.0 cm³/mol. The van der Waals surface area contributed by atoms with Crippen LogP contribution in [0.2, 0.25) is 0 Å². The molecule has 0 spiro atoms. The first-order chi connectivity index (χ1) is 8.34. The van der Waals surface area contributed by atoms with Crippen LogP contribution in [0.3, 0.4) is 0 Å². The van der Waals surface area contributed by atoms with Crippen LogP contribution in [0.15, 0.2) is 41.8 Å². The molecule has 2 nitrogen and oxygen atoms in total. The molecule has 0 saturated heterocycles.